The van der Waals surface area contributed by atoms with E-state index in [4.69, 9.17) is 10.5 Å². The van der Waals surface area contributed by atoms with Crippen LogP contribution in [0.4, 0.5) is 0 Å². The Hall–Kier alpha value is -2.59. The van der Waals surface area contributed by atoms with Gasteiger partial charge in [-0.3, -0.25) is 0 Å². The molecule has 0 saturated heterocycles. The number of nitriles is 2. The predicted octanol–water partition coefficient (Wildman–Crippen LogP) is 1.42. The first-order chi connectivity index (χ1) is 7.35. The first kappa shape index (κ1) is 8.98. The maximum atomic E-state index is 8.93. The summed E-state index contributed by atoms with van der Waals surface area (Å²) in [7, 11) is 0. The van der Waals surface area contributed by atoms with Gasteiger partial charge < -0.3 is 0 Å². The molecule has 69 valence electrons. The van der Waals surface area contributed by atoms with Gasteiger partial charge in [-0.25, -0.2) is 4.68 Å². The van der Waals surface area contributed by atoms with Crippen molar-refractivity contribution in [2.45, 2.75) is 0 Å². The van der Waals surface area contributed by atoms with E-state index < -0.39 is 0 Å². The van der Waals surface area contributed by atoms with Crippen molar-refractivity contribution in [3.05, 3.63) is 47.8 Å². The molecule has 0 saturated carbocycles. The summed E-state index contributed by atoms with van der Waals surface area (Å²) in [6.07, 6.45) is 3.14. The van der Waals surface area contributed by atoms with Crippen LogP contribution in [0.1, 0.15) is 11.1 Å². The Morgan fingerprint density at radius 3 is 2.73 bits per heavy atom. The van der Waals surface area contributed by atoms with Crippen molar-refractivity contribution in [2.24, 2.45) is 0 Å². The highest BCUT2D eigenvalue weighted by molar-refractivity contribution is 5.52. The Bertz CT molecular complexity index is 555. The highest BCUT2D eigenvalue weighted by Gasteiger charge is 2.05. The highest BCUT2D eigenvalue weighted by Crippen LogP contribution is 2.14. The molecule has 0 fully saturated rings. The van der Waals surface area contributed by atoms with Crippen LogP contribution < -0.4 is 0 Å². The minimum absolute atomic E-state index is 0.422. The van der Waals surface area contributed by atoms with Crippen LogP contribution in [-0.2, 0) is 0 Å². The van der Waals surface area contributed by atoms with Crippen molar-refractivity contribution in [1.82, 2.24) is 9.78 Å². The van der Waals surface area contributed by atoms with Crippen molar-refractivity contribution in [3.8, 4) is 17.8 Å². The SMILES string of the molecule is N#Cc1ccc(-n2c[c]cn2)c(C#N)c1. The van der Waals surface area contributed by atoms with Crippen molar-refractivity contribution < 1.29 is 0 Å². The molecule has 15 heavy (non-hydrogen) atoms. The molecule has 4 heteroatoms. The fourth-order valence-electron chi connectivity index (χ4n) is 1.26. The van der Waals surface area contributed by atoms with Gasteiger partial charge >= 0.3 is 0 Å². The summed E-state index contributed by atoms with van der Waals surface area (Å²) in [5.74, 6) is 0. The maximum absolute atomic E-state index is 8.93. The van der Waals surface area contributed by atoms with Gasteiger partial charge in [-0.1, -0.05) is 0 Å². The minimum atomic E-state index is 0.422. The molecule has 2 rings (SSSR count). The van der Waals surface area contributed by atoms with Gasteiger partial charge in [-0.2, -0.15) is 15.6 Å². The van der Waals surface area contributed by atoms with Crippen LogP contribution in [0.2, 0.25) is 0 Å². The molecular formula is C11H5N4. The molecule has 0 aliphatic rings. The van der Waals surface area contributed by atoms with E-state index in [0.717, 1.165) is 0 Å². The van der Waals surface area contributed by atoms with Gasteiger partial charge in [0.1, 0.15) is 6.07 Å². The molecule has 1 aromatic heterocycles. The number of nitrogens with zero attached hydrogens (tertiary/aromatic N) is 4. The third-order valence-corrected chi connectivity index (χ3v) is 1.95. The quantitative estimate of drug-likeness (QED) is 0.687. The number of rotatable bonds is 1. The fourth-order valence-corrected chi connectivity index (χ4v) is 1.26. The summed E-state index contributed by atoms with van der Waals surface area (Å²) in [6.45, 7) is 0. The van der Waals surface area contributed by atoms with Crippen LogP contribution in [-0.4, -0.2) is 9.78 Å². The predicted molar refractivity (Wildman–Crippen MR) is 51.8 cm³/mol. The summed E-state index contributed by atoms with van der Waals surface area (Å²) in [4.78, 5) is 0. The Morgan fingerprint density at radius 1 is 1.27 bits per heavy atom. The number of aromatic nitrogens is 2. The zero-order valence-corrected chi connectivity index (χ0v) is 7.68. The third-order valence-electron chi connectivity index (χ3n) is 1.95. The van der Waals surface area contributed by atoms with Gasteiger partial charge in [0.25, 0.3) is 0 Å². The van der Waals surface area contributed by atoms with Crippen molar-refractivity contribution >= 4 is 0 Å². The first-order valence-electron chi connectivity index (χ1n) is 4.20. The smallest absolute Gasteiger partial charge is 0.101 e. The minimum Gasteiger partial charge on any atom is -0.239 e. The van der Waals surface area contributed by atoms with Crippen LogP contribution in [0.5, 0.6) is 0 Å². The monoisotopic (exact) mass is 193 g/mol. The van der Waals surface area contributed by atoms with Gasteiger partial charge in [-0.15, -0.1) is 0 Å². The molecule has 4 nitrogen and oxygen atoms in total. The van der Waals surface area contributed by atoms with Crippen LogP contribution in [0.15, 0.2) is 30.6 Å². The second-order valence-corrected chi connectivity index (χ2v) is 2.84. The molecule has 0 spiro atoms. The largest absolute Gasteiger partial charge is 0.239 e. The number of hydrogen-bond acceptors (Lipinski definition) is 3. The maximum Gasteiger partial charge on any atom is 0.101 e. The Kier molecular flexibility index (Phi) is 2.19. The average molecular weight is 193 g/mol. The molecule has 1 heterocycles. The molecule has 0 amide bonds. The molecule has 2 aromatic rings. The molecule has 1 radical (unpaired) electrons. The van der Waals surface area contributed by atoms with Crippen LogP contribution in [0.3, 0.4) is 0 Å². The van der Waals surface area contributed by atoms with Crippen molar-refractivity contribution in [2.75, 3.05) is 0 Å². The van der Waals surface area contributed by atoms with Crippen LogP contribution in [0.25, 0.3) is 5.69 Å². The van der Waals surface area contributed by atoms with Crippen LogP contribution in [0, 0.1) is 28.7 Å². The highest BCUT2D eigenvalue weighted by atomic mass is 15.3. The summed E-state index contributed by atoms with van der Waals surface area (Å²) >= 11 is 0. The van der Waals surface area contributed by atoms with E-state index in [9.17, 15) is 0 Å². The van der Waals surface area contributed by atoms with E-state index in [1.165, 1.54) is 12.3 Å². The number of benzene rings is 1. The lowest BCUT2D eigenvalue weighted by molar-refractivity contribution is 0.877. The van der Waals surface area contributed by atoms with E-state index in [1.54, 1.807) is 23.0 Å². The lowest BCUT2D eigenvalue weighted by Gasteiger charge is -2.03. The molecule has 0 N–H and O–H groups in total. The topological polar surface area (TPSA) is 65.4 Å². The van der Waals surface area contributed by atoms with E-state index in [2.05, 4.69) is 11.2 Å². The second-order valence-electron chi connectivity index (χ2n) is 2.84. The molecule has 0 aliphatic heterocycles. The lowest BCUT2D eigenvalue weighted by Crippen LogP contribution is -1.98. The molecular weight excluding hydrogens is 188 g/mol. The zero-order valence-electron chi connectivity index (χ0n) is 7.68. The average Bonchev–Trinajstić information content (AvgIpc) is 2.81. The van der Waals surface area contributed by atoms with Gasteiger partial charge in [0, 0.05) is 12.3 Å². The molecule has 0 atom stereocenters. The van der Waals surface area contributed by atoms with E-state index >= 15 is 0 Å². The van der Waals surface area contributed by atoms with Gasteiger partial charge in [0.15, 0.2) is 0 Å². The first-order valence-corrected chi connectivity index (χ1v) is 4.20. The third kappa shape index (κ3) is 1.56. The second kappa shape index (κ2) is 3.65. The van der Waals surface area contributed by atoms with Crippen molar-refractivity contribution in [3.63, 3.8) is 0 Å². The summed E-state index contributed by atoms with van der Waals surface area (Å²) in [6, 6.07) is 11.7. The van der Waals surface area contributed by atoms with E-state index in [-0.39, 0.29) is 0 Å². The Morgan fingerprint density at radius 2 is 2.13 bits per heavy atom. The van der Waals surface area contributed by atoms with Gasteiger partial charge in [0.05, 0.1) is 29.1 Å². The van der Waals surface area contributed by atoms with Gasteiger partial charge in [-0.05, 0) is 18.2 Å². The zero-order chi connectivity index (χ0) is 10.7. The van der Waals surface area contributed by atoms with Crippen molar-refractivity contribution in [1.29, 1.82) is 10.5 Å². The Balaban J connectivity index is 2.60. The summed E-state index contributed by atoms with van der Waals surface area (Å²) in [5, 5.41) is 21.6. The summed E-state index contributed by atoms with van der Waals surface area (Å²) in [5.41, 5.74) is 1.54. The normalized spacial score (nSPS) is 9.20. The van der Waals surface area contributed by atoms with Gasteiger partial charge in [0.2, 0.25) is 0 Å². The lowest BCUT2D eigenvalue weighted by atomic mass is 10.1. The summed E-state index contributed by atoms with van der Waals surface area (Å²) < 4.78 is 1.54. The molecule has 1 aromatic carbocycles. The van der Waals surface area contributed by atoms with Crippen LogP contribution >= 0.6 is 0 Å². The van der Waals surface area contributed by atoms with E-state index in [0.29, 0.717) is 16.8 Å². The van der Waals surface area contributed by atoms with E-state index in [1.807, 2.05) is 12.1 Å². The molecule has 0 bridgehead atoms. The fraction of sp³-hybridized carbons (Fsp3) is 0. The molecule has 0 aliphatic carbocycles. The number of hydrogen-bond donors (Lipinski definition) is 0. The molecule has 0 unspecified atom stereocenters. The Labute approximate surface area is 86.6 Å². The standard InChI is InChI=1S/C11H5N4/c12-7-9-2-3-11(10(6-9)8-13)15-5-1-4-14-15/h2-6H.